The molecule has 0 aliphatic heterocycles. The maximum Gasteiger partial charge on any atom is 0.342 e. The maximum absolute atomic E-state index is 12.8. The fourth-order valence-electron chi connectivity index (χ4n) is 5.98. The first-order valence-corrected chi connectivity index (χ1v) is 17.7. The molecule has 6 rings (SSSR count). The maximum atomic E-state index is 12.8. The molecule has 0 fully saturated rings. The Kier molecular flexibility index (Phi) is 12.2. The van der Waals surface area contributed by atoms with Gasteiger partial charge in [-0.3, -0.25) is 0 Å². The summed E-state index contributed by atoms with van der Waals surface area (Å²) in [6, 6.07) is 43.8. The van der Waals surface area contributed by atoms with Crippen molar-refractivity contribution < 1.29 is 28.8 Å². The number of carbonyl (C=O) groups is 1. The lowest BCUT2D eigenvalue weighted by molar-refractivity contribution is 0.0469. The van der Waals surface area contributed by atoms with Gasteiger partial charge >= 0.3 is 5.97 Å². The van der Waals surface area contributed by atoms with Crippen LogP contribution in [0.25, 0.3) is 10.8 Å². The van der Waals surface area contributed by atoms with Crippen molar-refractivity contribution in [1.29, 1.82) is 0 Å². The average molecular weight is 681 g/mol. The Morgan fingerprint density at radius 3 is 1.75 bits per heavy atom. The highest BCUT2D eigenvalue weighted by Crippen LogP contribution is 2.35. The lowest BCUT2D eigenvalue weighted by atomic mass is 10.0. The first kappa shape index (κ1) is 35.1. The molecule has 0 amide bonds. The molecule has 6 nitrogen and oxygen atoms in total. The van der Waals surface area contributed by atoms with E-state index in [1.807, 2.05) is 73.7 Å². The number of hydrogen-bond acceptors (Lipinski definition) is 6. The molecule has 0 aliphatic rings. The molecule has 260 valence electrons. The Labute approximate surface area is 300 Å². The third kappa shape index (κ3) is 9.70. The highest BCUT2D eigenvalue weighted by Gasteiger charge is 2.20. The summed E-state index contributed by atoms with van der Waals surface area (Å²) in [7, 11) is 0. The number of fused-ring (bicyclic) bond motifs is 1. The minimum Gasteiger partial charge on any atom is -0.507 e. The predicted molar refractivity (Wildman–Crippen MR) is 202 cm³/mol. The Morgan fingerprint density at radius 1 is 0.549 bits per heavy atom. The van der Waals surface area contributed by atoms with Crippen LogP contribution in [0.1, 0.15) is 64.4 Å². The van der Waals surface area contributed by atoms with Crippen LogP contribution in [-0.4, -0.2) is 17.7 Å². The van der Waals surface area contributed by atoms with Gasteiger partial charge in [-0.25, -0.2) is 4.79 Å². The molecule has 0 aromatic heterocycles. The molecule has 0 spiro atoms. The average Bonchev–Trinajstić information content (AvgIpc) is 3.17. The minimum absolute atomic E-state index is 0.0654. The zero-order valence-corrected chi connectivity index (χ0v) is 29.1. The van der Waals surface area contributed by atoms with Crippen molar-refractivity contribution in [2.24, 2.45) is 0 Å². The summed E-state index contributed by atoms with van der Waals surface area (Å²) in [5.74, 6) is 1.42. The number of rotatable bonds is 17. The first-order valence-electron chi connectivity index (χ1n) is 17.7. The van der Waals surface area contributed by atoms with E-state index in [2.05, 4.69) is 54.6 Å². The highest BCUT2D eigenvalue weighted by molar-refractivity contribution is 5.93. The molecule has 1 N–H and O–H groups in total. The summed E-state index contributed by atoms with van der Waals surface area (Å²) in [6.45, 7) is 3.59. The van der Waals surface area contributed by atoms with Gasteiger partial charge in [0, 0.05) is 5.56 Å². The zero-order valence-electron chi connectivity index (χ0n) is 29.1. The predicted octanol–water partition coefficient (Wildman–Crippen LogP) is 10.4. The normalized spacial score (nSPS) is 10.9. The van der Waals surface area contributed by atoms with Crippen molar-refractivity contribution in [3.8, 4) is 23.0 Å². The smallest absolute Gasteiger partial charge is 0.342 e. The number of aromatic hydroxyl groups is 1. The van der Waals surface area contributed by atoms with E-state index < -0.39 is 5.97 Å². The van der Waals surface area contributed by atoms with Gasteiger partial charge in [0.05, 0.1) is 6.61 Å². The van der Waals surface area contributed by atoms with E-state index in [4.69, 9.17) is 18.9 Å². The van der Waals surface area contributed by atoms with E-state index >= 15 is 0 Å². The van der Waals surface area contributed by atoms with Gasteiger partial charge < -0.3 is 24.1 Å². The fraction of sp³-hybridized carbons (Fsp3) is 0.222. The van der Waals surface area contributed by atoms with Crippen LogP contribution >= 0.6 is 0 Å². The summed E-state index contributed by atoms with van der Waals surface area (Å²) in [5, 5.41) is 13.2. The molecule has 0 unspecified atom stereocenters. The van der Waals surface area contributed by atoms with E-state index in [0.717, 1.165) is 64.6 Å². The summed E-state index contributed by atoms with van der Waals surface area (Å²) in [5.41, 5.74) is 5.10. The van der Waals surface area contributed by atoms with Crippen molar-refractivity contribution in [2.45, 2.75) is 58.8 Å². The van der Waals surface area contributed by atoms with Crippen molar-refractivity contribution >= 4 is 16.7 Å². The van der Waals surface area contributed by atoms with E-state index in [1.54, 1.807) is 12.1 Å². The number of benzene rings is 6. The lowest BCUT2D eigenvalue weighted by Crippen LogP contribution is -2.08. The van der Waals surface area contributed by atoms with Crippen LogP contribution in [0.15, 0.2) is 133 Å². The van der Waals surface area contributed by atoms with Gasteiger partial charge in [-0.1, -0.05) is 123 Å². The van der Waals surface area contributed by atoms with Crippen LogP contribution in [0.4, 0.5) is 0 Å². The van der Waals surface area contributed by atoms with Crippen LogP contribution in [0.5, 0.6) is 23.0 Å². The first-order chi connectivity index (χ1) is 25.1. The van der Waals surface area contributed by atoms with Crippen LogP contribution in [0.3, 0.4) is 0 Å². The monoisotopic (exact) mass is 680 g/mol. The van der Waals surface area contributed by atoms with Crippen molar-refractivity contribution in [2.75, 3.05) is 6.61 Å². The second-order valence-electron chi connectivity index (χ2n) is 12.6. The summed E-state index contributed by atoms with van der Waals surface area (Å²) < 4.78 is 24.2. The Balaban J connectivity index is 1.07. The third-order valence-corrected chi connectivity index (χ3v) is 8.73. The van der Waals surface area contributed by atoms with Gasteiger partial charge in [0.1, 0.15) is 36.9 Å². The molecular weight excluding hydrogens is 636 g/mol. The summed E-state index contributed by atoms with van der Waals surface area (Å²) in [4.78, 5) is 12.8. The second-order valence-corrected chi connectivity index (χ2v) is 12.6. The van der Waals surface area contributed by atoms with E-state index in [0.29, 0.717) is 37.6 Å². The van der Waals surface area contributed by atoms with Gasteiger partial charge in [-0.2, -0.15) is 0 Å². The number of phenolic OH excluding ortho intramolecular Hbond substituents is 1. The fourth-order valence-corrected chi connectivity index (χ4v) is 5.98. The topological polar surface area (TPSA) is 74.2 Å². The third-order valence-electron chi connectivity index (χ3n) is 8.73. The molecule has 0 bridgehead atoms. The Bertz CT molecular complexity index is 2010. The highest BCUT2D eigenvalue weighted by atomic mass is 16.5. The number of unbranched alkanes of at least 4 members (excludes halogenated alkanes) is 1. The number of aryl methyl sites for hydroxylation is 1. The second kappa shape index (κ2) is 17.8. The van der Waals surface area contributed by atoms with Gasteiger partial charge in [-0.05, 0) is 83.0 Å². The molecule has 51 heavy (non-hydrogen) atoms. The number of esters is 1. The van der Waals surface area contributed by atoms with Gasteiger partial charge in [0.2, 0.25) is 0 Å². The molecule has 0 heterocycles. The van der Waals surface area contributed by atoms with Gasteiger partial charge in [-0.15, -0.1) is 0 Å². The number of carbonyl (C=O) groups excluding carboxylic acids is 1. The van der Waals surface area contributed by atoms with Crippen molar-refractivity contribution in [1.82, 2.24) is 0 Å². The van der Waals surface area contributed by atoms with E-state index in [9.17, 15) is 9.90 Å². The number of ether oxygens (including phenoxy) is 4. The SMILES string of the molecule is CCCc1c(OCCCCc2ccc3cc(OCc4ccccc4)c(OCc4ccccc4)cc3c2)ccc(C(=O)OCc2ccccc2)c1O. The Hall–Kier alpha value is -5.75. The van der Waals surface area contributed by atoms with Gasteiger partial charge in [0.25, 0.3) is 0 Å². The minimum atomic E-state index is -0.554. The van der Waals surface area contributed by atoms with Gasteiger partial charge in [0.15, 0.2) is 11.5 Å². The molecule has 6 aromatic rings. The van der Waals surface area contributed by atoms with Crippen molar-refractivity contribution in [3.05, 3.63) is 167 Å². The van der Waals surface area contributed by atoms with Crippen LogP contribution in [-0.2, 0) is 37.4 Å². The molecule has 0 aliphatic carbocycles. The standard InChI is InChI=1S/C45H44O6/c1-2-14-39-41(25-24-40(44(39)46)45(47)51-32-36-20-10-5-11-21-36)48-26-13-12-15-33-22-23-37-28-42(49-30-34-16-6-3-7-17-34)43(29-38(37)27-33)50-31-35-18-8-4-9-19-35/h3-11,16-25,27-29,46H,2,12-15,26,30-32H2,1H3. The van der Waals surface area contributed by atoms with Crippen LogP contribution in [0, 0.1) is 0 Å². The molecule has 0 atom stereocenters. The largest absolute Gasteiger partial charge is 0.507 e. The van der Waals surface area contributed by atoms with Crippen LogP contribution < -0.4 is 14.2 Å². The molecule has 6 heteroatoms. The zero-order chi connectivity index (χ0) is 35.3. The number of hydrogen-bond donors (Lipinski definition) is 1. The molecule has 0 saturated heterocycles. The van der Waals surface area contributed by atoms with E-state index in [-0.39, 0.29) is 17.9 Å². The van der Waals surface area contributed by atoms with Crippen molar-refractivity contribution in [3.63, 3.8) is 0 Å². The summed E-state index contributed by atoms with van der Waals surface area (Å²) in [6.07, 6.45) is 4.05. The van der Waals surface area contributed by atoms with E-state index in [1.165, 1.54) is 5.56 Å². The molecule has 6 aromatic carbocycles. The Morgan fingerprint density at radius 2 is 1.14 bits per heavy atom. The van der Waals surface area contributed by atoms with Crippen LogP contribution in [0.2, 0.25) is 0 Å². The molecular formula is C45H44O6. The lowest BCUT2D eigenvalue weighted by Gasteiger charge is -2.16. The number of phenols is 1. The summed E-state index contributed by atoms with van der Waals surface area (Å²) >= 11 is 0. The molecule has 0 saturated carbocycles. The quantitative estimate of drug-likeness (QED) is 0.0763. The molecule has 0 radical (unpaired) electrons.